The molecule has 0 spiro atoms. The third-order valence-electron chi connectivity index (χ3n) is 6.34. The molecular weight excluding hydrogens is 591 g/mol. The number of thiophene rings is 1. The molecule has 5 nitrogen and oxygen atoms in total. The number of benzene rings is 2. The second-order valence-electron chi connectivity index (χ2n) is 8.47. The van der Waals surface area contributed by atoms with Crippen molar-refractivity contribution >= 4 is 66.4 Å². The third-order valence-corrected chi connectivity index (χ3v) is 10.4. The van der Waals surface area contributed by atoms with Gasteiger partial charge in [-0.3, -0.25) is 4.79 Å². The van der Waals surface area contributed by atoms with Crippen molar-refractivity contribution in [1.29, 1.82) is 0 Å². The molecule has 35 heavy (non-hydrogen) atoms. The normalized spacial score (nSPS) is 16.9. The minimum absolute atomic E-state index is 0.157. The SMILES string of the molecule is CCC(C)N(CC(=O)N1CCc2sccc2C1c1ccc(Cl)cc1Cl)S(=O)(=O)c1ccc(Br)cc1. The standard InChI is InChI=1S/C25H25BrCl2N2O3S2/c1-3-16(2)30(35(32,33)19-7-4-17(26)5-8-19)15-24(31)29-12-10-23-21(11-13-34-23)25(29)20-9-6-18(27)14-22(20)28/h4-9,11,13-14,16,25H,3,10,12,15H2,1-2H3. The summed E-state index contributed by atoms with van der Waals surface area (Å²) in [5, 5.41) is 3.00. The van der Waals surface area contributed by atoms with E-state index in [4.69, 9.17) is 23.2 Å². The van der Waals surface area contributed by atoms with Crippen molar-refractivity contribution in [1.82, 2.24) is 9.21 Å². The number of hydrogen-bond donors (Lipinski definition) is 0. The van der Waals surface area contributed by atoms with Gasteiger partial charge in [-0.15, -0.1) is 11.3 Å². The number of sulfonamides is 1. The smallest absolute Gasteiger partial charge is 0.243 e. The van der Waals surface area contributed by atoms with Gasteiger partial charge in [-0.1, -0.05) is 52.1 Å². The summed E-state index contributed by atoms with van der Waals surface area (Å²) in [6.45, 7) is 3.95. The monoisotopic (exact) mass is 614 g/mol. The molecule has 10 heteroatoms. The van der Waals surface area contributed by atoms with Crippen LogP contribution in [0.4, 0.5) is 0 Å². The molecular formula is C25H25BrCl2N2O3S2. The number of carbonyl (C=O) groups excluding carboxylic acids is 1. The molecule has 2 heterocycles. The van der Waals surface area contributed by atoms with E-state index in [1.807, 2.05) is 31.4 Å². The van der Waals surface area contributed by atoms with Crippen LogP contribution in [0.1, 0.15) is 42.3 Å². The van der Waals surface area contributed by atoms with Crippen molar-refractivity contribution in [3.63, 3.8) is 0 Å². The Morgan fingerprint density at radius 3 is 2.54 bits per heavy atom. The zero-order valence-corrected chi connectivity index (χ0v) is 24.0. The van der Waals surface area contributed by atoms with Crippen molar-refractivity contribution in [2.24, 2.45) is 0 Å². The molecule has 0 aliphatic carbocycles. The molecule has 0 saturated carbocycles. The fourth-order valence-corrected chi connectivity index (χ4v) is 7.63. The summed E-state index contributed by atoms with van der Waals surface area (Å²) in [5.41, 5.74) is 1.79. The molecule has 2 aromatic carbocycles. The summed E-state index contributed by atoms with van der Waals surface area (Å²) in [6, 6.07) is 13.0. The van der Waals surface area contributed by atoms with Crippen LogP contribution in [0.5, 0.6) is 0 Å². The lowest BCUT2D eigenvalue weighted by molar-refractivity contribution is -0.133. The van der Waals surface area contributed by atoms with E-state index in [2.05, 4.69) is 15.9 Å². The molecule has 3 aromatic rings. The molecule has 2 unspecified atom stereocenters. The van der Waals surface area contributed by atoms with Crippen molar-refractivity contribution in [3.05, 3.63) is 84.4 Å². The highest BCUT2D eigenvalue weighted by molar-refractivity contribution is 9.10. The first-order chi connectivity index (χ1) is 16.6. The van der Waals surface area contributed by atoms with Gasteiger partial charge in [-0.2, -0.15) is 4.31 Å². The van der Waals surface area contributed by atoms with Gasteiger partial charge in [-0.05, 0) is 78.7 Å². The Kier molecular flexibility index (Phi) is 8.30. The van der Waals surface area contributed by atoms with Crippen molar-refractivity contribution in [3.8, 4) is 0 Å². The Morgan fingerprint density at radius 1 is 1.17 bits per heavy atom. The lowest BCUT2D eigenvalue weighted by Gasteiger charge is -2.38. The summed E-state index contributed by atoms with van der Waals surface area (Å²) in [4.78, 5) is 16.9. The first-order valence-electron chi connectivity index (χ1n) is 11.2. The molecule has 2 atom stereocenters. The maximum absolute atomic E-state index is 13.8. The number of rotatable bonds is 7. The topological polar surface area (TPSA) is 57.7 Å². The highest BCUT2D eigenvalue weighted by atomic mass is 79.9. The van der Waals surface area contributed by atoms with Gasteiger partial charge in [0.1, 0.15) is 0 Å². The van der Waals surface area contributed by atoms with Crippen LogP contribution in [-0.4, -0.2) is 42.7 Å². The number of amides is 1. The van der Waals surface area contributed by atoms with Crippen LogP contribution in [0.2, 0.25) is 10.0 Å². The molecule has 0 bridgehead atoms. The molecule has 0 fully saturated rings. The van der Waals surface area contributed by atoms with E-state index in [0.717, 1.165) is 15.6 Å². The van der Waals surface area contributed by atoms with Gasteiger partial charge in [0.15, 0.2) is 0 Å². The van der Waals surface area contributed by atoms with Crippen LogP contribution in [0.15, 0.2) is 63.3 Å². The van der Waals surface area contributed by atoms with Gasteiger partial charge in [-0.25, -0.2) is 8.42 Å². The van der Waals surface area contributed by atoms with E-state index in [9.17, 15) is 13.2 Å². The molecule has 1 amide bonds. The van der Waals surface area contributed by atoms with Gasteiger partial charge in [0.05, 0.1) is 17.5 Å². The first-order valence-corrected chi connectivity index (χ1v) is 15.1. The van der Waals surface area contributed by atoms with E-state index in [1.165, 1.54) is 9.18 Å². The van der Waals surface area contributed by atoms with Crippen LogP contribution in [-0.2, 0) is 21.2 Å². The Labute approximate surface area is 228 Å². The Balaban J connectivity index is 1.70. The highest BCUT2D eigenvalue weighted by Gasteiger charge is 2.37. The number of hydrogen-bond acceptors (Lipinski definition) is 4. The fraction of sp³-hybridized carbons (Fsp3) is 0.320. The minimum Gasteiger partial charge on any atom is -0.330 e. The summed E-state index contributed by atoms with van der Waals surface area (Å²) >= 11 is 17.7. The molecule has 1 aliphatic rings. The zero-order chi connectivity index (χ0) is 25.3. The summed E-state index contributed by atoms with van der Waals surface area (Å²) < 4.78 is 29.2. The number of carbonyl (C=O) groups is 1. The molecule has 0 radical (unpaired) electrons. The van der Waals surface area contributed by atoms with Crippen LogP contribution in [0.3, 0.4) is 0 Å². The van der Waals surface area contributed by atoms with Gasteiger partial charge >= 0.3 is 0 Å². The second kappa shape index (κ2) is 10.9. The predicted molar refractivity (Wildman–Crippen MR) is 146 cm³/mol. The third kappa shape index (κ3) is 5.48. The molecule has 0 saturated heterocycles. The van der Waals surface area contributed by atoms with E-state index in [1.54, 1.807) is 52.6 Å². The highest BCUT2D eigenvalue weighted by Crippen LogP contribution is 2.41. The Morgan fingerprint density at radius 2 is 1.89 bits per heavy atom. The van der Waals surface area contributed by atoms with Crippen LogP contribution < -0.4 is 0 Å². The maximum atomic E-state index is 13.8. The zero-order valence-electron chi connectivity index (χ0n) is 19.2. The molecule has 1 aliphatic heterocycles. The lowest BCUT2D eigenvalue weighted by Crippen LogP contribution is -2.49. The maximum Gasteiger partial charge on any atom is 0.243 e. The van der Waals surface area contributed by atoms with Crippen molar-refractivity contribution in [2.75, 3.05) is 13.1 Å². The van der Waals surface area contributed by atoms with Crippen LogP contribution in [0.25, 0.3) is 0 Å². The quantitative estimate of drug-likeness (QED) is 0.294. The molecule has 1 aromatic heterocycles. The molecule has 4 rings (SSSR count). The predicted octanol–water partition coefficient (Wildman–Crippen LogP) is 6.78. The molecule has 0 N–H and O–H groups in total. The van der Waals surface area contributed by atoms with Crippen molar-refractivity contribution < 1.29 is 13.2 Å². The van der Waals surface area contributed by atoms with Gasteiger partial charge in [0, 0.05) is 32.0 Å². The lowest BCUT2D eigenvalue weighted by atomic mass is 9.93. The Bertz CT molecular complexity index is 1330. The summed E-state index contributed by atoms with van der Waals surface area (Å²) in [5.74, 6) is -0.265. The minimum atomic E-state index is -3.88. The fourth-order valence-electron chi connectivity index (χ4n) is 4.29. The van der Waals surface area contributed by atoms with E-state index in [-0.39, 0.29) is 23.4 Å². The number of nitrogens with zero attached hydrogens (tertiary/aromatic N) is 2. The summed E-state index contributed by atoms with van der Waals surface area (Å²) in [6.07, 6.45) is 1.29. The molecule has 186 valence electrons. The number of halogens is 3. The summed E-state index contributed by atoms with van der Waals surface area (Å²) in [7, 11) is -3.88. The van der Waals surface area contributed by atoms with Crippen LogP contribution >= 0.6 is 50.5 Å². The van der Waals surface area contributed by atoms with Gasteiger partial charge < -0.3 is 4.90 Å². The number of fused-ring (bicyclic) bond motifs is 1. The van der Waals surface area contributed by atoms with Gasteiger partial charge in [0.25, 0.3) is 0 Å². The van der Waals surface area contributed by atoms with E-state index < -0.39 is 16.1 Å². The van der Waals surface area contributed by atoms with E-state index >= 15 is 0 Å². The van der Waals surface area contributed by atoms with E-state index in [0.29, 0.717) is 29.4 Å². The largest absolute Gasteiger partial charge is 0.330 e. The van der Waals surface area contributed by atoms with Crippen molar-refractivity contribution in [2.45, 2.75) is 43.7 Å². The first kappa shape index (κ1) is 26.6. The average Bonchev–Trinajstić information content (AvgIpc) is 3.31. The second-order valence-corrected chi connectivity index (χ2v) is 13.1. The Hall–Kier alpha value is -1.42. The van der Waals surface area contributed by atoms with Gasteiger partial charge in [0.2, 0.25) is 15.9 Å². The van der Waals surface area contributed by atoms with Crippen LogP contribution in [0, 0.1) is 0 Å². The average molecular weight is 616 g/mol.